The average molecular weight is 313 g/mol. The van der Waals surface area contributed by atoms with Gasteiger partial charge < -0.3 is 15.4 Å². The van der Waals surface area contributed by atoms with Crippen LogP contribution in [0.2, 0.25) is 5.02 Å². The number of carbonyl (C=O) groups is 1. The molecule has 4 nitrogen and oxygen atoms in total. The summed E-state index contributed by atoms with van der Waals surface area (Å²) >= 11 is 5.91. The number of carbonyl (C=O) groups excluding carboxylic acids is 1. The molecule has 0 aliphatic rings. The summed E-state index contributed by atoms with van der Waals surface area (Å²) in [5.41, 5.74) is 0.127. The Labute approximate surface area is 124 Å². The Balaban J connectivity index is 2.08. The first kappa shape index (κ1) is 15.1. The minimum atomic E-state index is -0.737. The third-order valence-electron chi connectivity index (χ3n) is 2.59. The Kier molecular flexibility index (Phi) is 4.59. The van der Waals surface area contributed by atoms with Crippen molar-refractivity contribution in [3.8, 4) is 5.75 Å². The fraction of sp³-hybridized carbons (Fsp3) is 0.0714. The third kappa shape index (κ3) is 3.82. The highest BCUT2D eigenvalue weighted by Gasteiger charge is 2.09. The molecule has 0 saturated carbocycles. The second-order valence-corrected chi connectivity index (χ2v) is 4.46. The molecule has 0 bridgehead atoms. The molecule has 2 amide bonds. The molecular weight excluding hydrogens is 302 g/mol. The minimum Gasteiger partial charge on any atom is -0.495 e. The number of anilines is 2. The first-order valence-electron chi connectivity index (χ1n) is 5.86. The molecule has 2 aromatic rings. The van der Waals surface area contributed by atoms with Gasteiger partial charge in [0.05, 0.1) is 17.8 Å². The highest BCUT2D eigenvalue weighted by atomic mass is 35.5. The van der Waals surface area contributed by atoms with Gasteiger partial charge in [-0.2, -0.15) is 0 Å². The summed E-state index contributed by atoms with van der Waals surface area (Å²) in [4.78, 5) is 11.7. The number of rotatable bonds is 3. The Morgan fingerprint density at radius 2 is 1.90 bits per heavy atom. The van der Waals surface area contributed by atoms with E-state index in [0.717, 1.165) is 18.2 Å². The SMILES string of the molecule is COc1ccc(NC(=O)Nc2cc(F)ccc2F)cc1Cl. The van der Waals surface area contributed by atoms with E-state index in [9.17, 15) is 13.6 Å². The second-order valence-electron chi connectivity index (χ2n) is 4.05. The fourth-order valence-corrected chi connectivity index (χ4v) is 1.88. The number of nitrogens with one attached hydrogen (secondary N) is 2. The van der Waals surface area contributed by atoms with Gasteiger partial charge in [0.2, 0.25) is 0 Å². The van der Waals surface area contributed by atoms with E-state index in [-0.39, 0.29) is 5.69 Å². The van der Waals surface area contributed by atoms with Crippen LogP contribution in [0.15, 0.2) is 36.4 Å². The highest BCUT2D eigenvalue weighted by Crippen LogP contribution is 2.27. The molecule has 0 unspecified atom stereocenters. The number of ether oxygens (including phenoxy) is 1. The standard InChI is InChI=1S/C14H11ClF2N2O2/c1-21-13-5-3-9(7-10(13)15)18-14(20)19-12-6-8(16)2-4-11(12)17/h2-7H,1H3,(H2,18,19,20). The first-order valence-corrected chi connectivity index (χ1v) is 6.24. The summed E-state index contributed by atoms with van der Waals surface area (Å²) in [5, 5.41) is 4.97. The van der Waals surface area contributed by atoms with Gasteiger partial charge in [-0.1, -0.05) is 11.6 Å². The summed E-state index contributed by atoms with van der Waals surface area (Å²) in [6.45, 7) is 0. The lowest BCUT2D eigenvalue weighted by Crippen LogP contribution is -2.20. The number of halogens is 3. The Morgan fingerprint density at radius 1 is 1.14 bits per heavy atom. The Bertz CT molecular complexity index is 680. The second kappa shape index (κ2) is 6.41. The molecule has 7 heteroatoms. The van der Waals surface area contributed by atoms with Crippen LogP contribution in [0.3, 0.4) is 0 Å². The van der Waals surface area contributed by atoms with Crippen LogP contribution in [0.25, 0.3) is 0 Å². The van der Waals surface area contributed by atoms with Crippen molar-refractivity contribution in [2.24, 2.45) is 0 Å². The first-order chi connectivity index (χ1) is 9.99. The number of methoxy groups -OCH3 is 1. The minimum absolute atomic E-state index is 0.257. The van der Waals surface area contributed by atoms with Crippen molar-refractivity contribution in [3.05, 3.63) is 53.1 Å². The van der Waals surface area contributed by atoms with Crippen LogP contribution >= 0.6 is 11.6 Å². The van der Waals surface area contributed by atoms with Gasteiger partial charge in [0.1, 0.15) is 17.4 Å². The van der Waals surface area contributed by atoms with Crippen LogP contribution in [0.5, 0.6) is 5.75 Å². The van der Waals surface area contributed by atoms with Crippen molar-refractivity contribution < 1.29 is 18.3 Å². The van der Waals surface area contributed by atoms with Crippen LogP contribution in [0.1, 0.15) is 0 Å². The van der Waals surface area contributed by atoms with E-state index in [4.69, 9.17) is 16.3 Å². The zero-order chi connectivity index (χ0) is 15.4. The van der Waals surface area contributed by atoms with Crippen LogP contribution in [-0.2, 0) is 0 Å². The van der Waals surface area contributed by atoms with Crippen molar-refractivity contribution in [3.63, 3.8) is 0 Å². The van der Waals surface area contributed by atoms with E-state index in [0.29, 0.717) is 16.5 Å². The number of benzene rings is 2. The van der Waals surface area contributed by atoms with E-state index in [1.54, 1.807) is 12.1 Å². The molecule has 0 fully saturated rings. The molecule has 0 radical (unpaired) electrons. The maximum atomic E-state index is 13.4. The monoisotopic (exact) mass is 312 g/mol. The van der Waals surface area contributed by atoms with Crippen LogP contribution in [-0.4, -0.2) is 13.1 Å². The average Bonchev–Trinajstić information content (AvgIpc) is 2.43. The Hall–Kier alpha value is -2.34. The highest BCUT2D eigenvalue weighted by molar-refractivity contribution is 6.32. The van der Waals surface area contributed by atoms with Gasteiger partial charge in [0, 0.05) is 11.8 Å². The smallest absolute Gasteiger partial charge is 0.323 e. The van der Waals surface area contributed by atoms with Crippen molar-refractivity contribution in [2.45, 2.75) is 0 Å². The molecular formula is C14H11ClF2N2O2. The number of urea groups is 1. The predicted octanol–water partition coefficient (Wildman–Crippen LogP) is 4.27. The lowest BCUT2D eigenvalue weighted by atomic mass is 10.3. The molecule has 0 heterocycles. The van der Waals surface area contributed by atoms with E-state index >= 15 is 0 Å². The van der Waals surface area contributed by atoms with Gasteiger partial charge in [-0.25, -0.2) is 13.6 Å². The molecule has 0 aliphatic heterocycles. The summed E-state index contributed by atoms with van der Waals surface area (Å²) < 4.78 is 31.4. The lowest BCUT2D eigenvalue weighted by molar-refractivity contribution is 0.262. The van der Waals surface area contributed by atoms with E-state index in [2.05, 4.69) is 10.6 Å². The van der Waals surface area contributed by atoms with Crippen LogP contribution in [0.4, 0.5) is 25.0 Å². The van der Waals surface area contributed by atoms with Crippen molar-refractivity contribution in [1.29, 1.82) is 0 Å². The van der Waals surface area contributed by atoms with Gasteiger partial charge in [-0.05, 0) is 30.3 Å². The maximum absolute atomic E-state index is 13.4. The molecule has 0 atom stereocenters. The largest absolute Gasteiger partial charge is 0.495 e. The third-order valence-corrected chi connectivity index (χ3v) is 2.88. The summed E-state index contributed by atoms with van der Waals surface area (Å²) in [5.74, 6) is -0.933. The van der Waals surface area contributed by atoms with E-state index in [1.807, 2.05) is 0 Å². The number of hydrogen-bond acceptors (Lipinski definition) is 2. The van der Waals surface area contributed by atoms with Crippen LogP contribution < -0.4 is 15.4 Å². The molecule has 2 rings (SSSR count). The number of amides is 2. The summed E-state index contributed by atoms with van der Waals surface area (Å²) in [6, 6.07) is 6.66. The molecule has 0 spiro atoms. The zero-order valence-corrected chi connectivity index (χ0v) is 11.7. The molecule has 0 saturated heterocycles. The quantitative estimate of drug-likeness (QED) is 0.889. The fourth-order valence-electron chi connectivity index (χ4n) is 1.62. The summed E-state index contributed by atoms with van der Waals surface area (Å²) in [7, 11) is 1.47. The molecule has 110 valence electrons. The zero-order valence-electron chi connectivity index (χ0n) is 10.9. The molecule has 0 aromatic heterocycles. The van der Waals surface area contributed by atoms with Gasteiger partial charge >= 0.3 is 6.03 Å². The van der Waals surface area contributed by atoms with Crippen molar-refractivity contribution >= 4 is 29.0 Å². The van der Waals surface area contributed by atoms with E-state index in [1.165, 1.54) is 13.2 Å². The van der Waals surface area contributed by atoms with Crippen LogP contribution in [0, 0.1) is 11.6 Å². The van der Waals surface area contributed by atoms with Gasteiger partial charge in [0.25, 0.3) is 0 Å². The molecule has 2 aromatic carbocycles. The van der Waals surface area contributed by atoms with Gasteiger partial charge in [0.15, 0.2) is 0 Å². The summed E-state index contributed by atoms with van der Waals surface area (Å²) in [6.07, 6.45) is 0. The molecule has 0 aliphatic carbocycles. The van der Waals surface area contributed by atoms with Gasteiger partial charge in [-0.3, -0.25) is 0 Å². The maximum Gasteiger partial charge on any atom is 0.323 e. The van der Waals surface area contributed by atoms with Gasteiger partial charge in [-0.15, -0.1) is 0 Å². The molecule has 2 N–H and O–H groups in total. The lowest BCUT2D eigenvalue weighted by Gasteiger charge is -2.10. The predicted molar refractivity (Wildman–Crippen MR) is 77.0 cm³/mol. The van der Waals surface area contributed by atoms with E-state index < -0.39 is 17.7 Å². The topological polar surface area (TPSA) is 50.4 Å². The van der Waals surface area contributed by atoms with Crippen molar-refractivity contribution in [1.82, 2.24) is 0 Å². The molecule has 21 heavy (non-hydrogen) atoms. The number of hydrogen-bond donors (Lipinski definition) is 2. The Morgan fingerprint density at radius 3 is 2.57 bits per heavy atom. The normalized spacial score (nSPS) is 10.1. The van der Waals surface area contributed by atoms with Crippen molar-refractivity contribution in [2.75, 3.05) is 17.7 Å².